The molecule has 0 spiro atoms. The van der Waals surface area contributed by atoms with Crippen molar-refractivity contribution in [3.63, 3.8) is 0 Å². The van der Waals surface area contributed by atoms with E-state index in [-0.39, 0.29) is 35.2 Å². The van der Waals surface area contributed by atoms with Gasteiger partial charge in [0.15, 0.2) is 0 Å². The van der Waals surface area contributed by atoms with Gasteiger partial charge in [-0.25, -0.2) is 17.5 Å². The van der Waals surface area contributed by atoms with Crippen molar-refractivity contribution in [2.75, 3.05) is 25.5 Å². The van der Waals surface area contributed by atoms with Crippen LogP contribution in [0.15, 0.2) is 23.1 Å². The fraction of sp³-hybridized carbons (Fsp3) is 0.529. The number of rotatable bonds is 6. The van der Waals surface area contributed by atoms with Crippen LogP contribution in [0.5, 0.6) is 5.75 Å². The fourth-order valence-corrected chi connectivity index (χ4v) is 3.57. The van der Waals surface area contributed by atoms with Gasteiger partial charge in [-0.2, -0.15) is 0 Å². The molecule has 1 fully saturated rings. The molecule has 1 saturated heterocycles. The number of carbonyl (C=O) groups is 2. The van der Waals surface area contributed by atoms with Crippen molar-refractivity contribution in [2.24, 2.45) is 0 Å². The summed E-state index contributed by atoms with van der Waals surface area (Å²) in [6, 6.07) is 3.60. The van der Waals surface area contributed by atoms with Gasteiger partial charge in [-0.15, -0.1) is 0 Å². The van der Waals surface area contributed by atoms with E-state index in [4.69, 9.17) is 4.74 Å². The van der Waals surface area contributed by atoms with Crippen LogP contribution in [0, 0.1) is 0 Å². The van der Waals surface area contributed by atoms with E-state index in [1.165, 1.54) is 42.1 Å². The number of sulfonamides is 1. The molecule has 144 valence electrons. The smallest absolute Gasteiger partial charge is 0.332 e. The number of ether oxygens (including phenoxy) is 1. The van der Waals surface area contributed by atoms with Crippen LogP contribution in [0.25, 0.3) is 0 Å². The molecule has 1 aromatic carbocycles. The van der Waals surface area contributed by atoms with E-state index in [0.29, 0.717) is 5.69 Å². The number of hydrogen-bond acceptors (Lipinski definition) is 5. The summed E-state index contributed by atoms with van der Waals surface area (Å²) in [5, 5.41) is 0. The second-order valence-electron chi connectivity index (χ2n) is 6.81. The van der Waals surface area contributed by atoms with Crippen LogP contribution in [0.1, 0.15) is 27.7 Å². The average molecular weight is 383 g/mol. The lowest BCUT2D eigenvalue weighted by Gasteiger charge is -2.23. The van der Waals surface area contributed by atoms with Crippen molar-refractivity contribution in [2.45, 2.75) is 44.7 Å². The van der Waals surface area contributed by atoms with Gasteiger partial charge in [0.25, 0.3) is 5.91 Å². The molecule has 26 heavy (non-hydrogen) atoms. The third-order valence-corrected chi connectivity index (χ3v) is 5.69. The van der Waals surface area contributed by atoms with Crippen molar-refractivity contribution in [3.05, 3.63) is 18.2 Å². The van der Waals surface area contributed by atoms with E-state index in [1.54, 1.807) is 27.7 Å². The molecule has 0 aromatic heterocycles. The molecule has 9 heteroatoms. The first-order valence-corrected chi connectivity index (χ1v) is 9.77. The first kappa shape index (κ1) is 20.2. The van der Waals surface area contributed by atoms with E-state index in [9.17, 15) is 18.0 Å². The minimum atomic E-state index is -3.65. The number of carbonyl (C=O) groups excluding carboxylic acids is 2. The Kier molecular flexibility index (Phi) is 5.62. The third kappa shape index (κ3) is 3.68. The van der Waals surface area contributed by atoms with Crippen molar-refractivity contribution in [1.82, 2.24) is 9.21 Å². The summed E-state index contributed by atoms with van der Waals surface area (Å²) in [5.41, 5.74) is 0.373. The molecule has 0 aliphatic carbocycles. The van der Waals surface area contributed by atoms with Crippen molar-refractivity contribution >= 4 is 27.6 Å². The van der Waals surface area contributed by atoms with Crippen molar-refractivity contribution < 1.29 is 22.7 Å². The minimum Gasteiger partial charge on any atom is -0.489 e. The van der Waals surface area contributed by atoms with Crippen molar-refractivity contribution in [3.8, 4) is 5.75 Å². The van der Waals surface area contributed by atoms with Crippen LogP contribution in [0.2, 0.25) is 0 Å². The standard InChI is InChI=1S/C17H25N3O5S/c1-11(2)20-16(21)10-19(17(20)22)14-8-7-13(26(23,24)18(5)6)9-15(14)25-12(3)4/h7-9,11-12H,10H2,1-6H3. The lowest BCUT2D eigenvalue weighted by atomic mass is 10.2. The van der Waals surface area contributed by atoms with Gasteiger partial charge >= 0.3 is 6.03 Å². The number of imide groups is 1. The maximum absolute atomic E-state index is 12.6. The minimum absolute atomic E-state index is 0.0561. The van der Waals surface area contributed by atoms with Crippen LogP contribution < -0.4 is 9.64 Å². The van der Waals surface area contributed by atoms with Gasteiger partial charge in [-0.3, -0.25) is 14.6 Å². The highest BCUT2D eigenvalue weighted by molar-refractivity contribution is 7.89. The van der Waals surface area contributed by atoms with Gasteiger partial charge in [-0.05, 0) is 39.8 Å². The number of urea groups is 1. The summed E-state index contributed by atoms with van der Waals surface area (Å²) in [6.07, 6.45) is -0.235. The molecule has 1 aliphatic heterocycles. The number of hydrogen-bond donors (Lipinski definition) is 0. The summed E-state index contributed by atoms with van der Waals surface area (Å²) in [6.45, 7) is 7.02. The first-order valence-electron chi connectivity index (χ1n) is 8.33. The molecule has 0 bridgehead atoms. The quantitative estimate of drug-likeness (QED) is 0.700. The monoisotopic (exact) mass is 383 g/mol. The molecular formula is C17H25N3O5S. The number of anilines is 1. The van der Waals surface area contributed by atoms with E-state index in [2.05, 4.69) is 0 Å². The molecule has 1 aliphatic rings. The molecule has 1 heterocycles. The van der Waals surface area contributed by atoms with Crippen LogP contribution in [0.4, 0.5) is 10.5 Å². The molecule has 0 N–H and O–H groups in total. The SMILES string of the molecule is CC(C)Oc1cc(S(=O)(=O)N(C)C)ccc1N1CC(=O)N(C(C)C)C1=O. The van der Waals surface area contributed by atoms with E-state index in [1.807, 2.05) is 0 Å². The van der Waals surface area contributed by atoms with Gasteiger partial charge in [-0.1, -0.05) is 0 Å². The summed E-state index contributed by atoms with van der Waals surface area (Å²) >= 11 is 0. The zero-order chi connectivity index (χ0) is 19.8. The molecular weight excluding hydrogens is 358 g/mol. The average Bonchev–Trinajstić information content (AvgIpc) is 2.81. The summed E-state index contributed by atoms with van der Waals surface area (Å²) < 4.78 is 31.6. The predicted octanol–water partition coefficient (Wildman–Crippen LogP) is 1.90. The summed E-state index contributed by atoms with van der Waals surface area (Å²) in [7, 11) is -0.772. The maximum atomic E-state index is 12.6. The summed E-state index contributed by atoms with van der Waals surface area (Å²) in [4.78, 5) is 27.4. The molecule has 0 atom stereocenters. The lowest BCUT2D eigenvalue weighted by Crippen LogP contribution is -2.38. The fourth-order valence-electron chi connectivity index (χ4n) is 2.65. The third-order valence-electron chi connectivity index (χ3n) is 3.88. The van der Waals surface area contributed by atoms with Gasteiger partial charge in [0.1, 0.15) is 12.3 Å². The Bertz CT molecular complexity index is 818. The topological polar surface area (TPSA) is 87.2 Å². The number of nitrogens with zero attached hydrogens (tertiary/aromatic N) is 3. The Balaban J connectivity index is 2.52. The van der Waals surface area contributed by atoms with E-state index in [0.717, 1.165) is 4.31 Å². The zero-order valence-corrected chi connectivity index (χ0v) is 16.7. The number of amides is 3. The molecule has 2 rings (SSSR count). The van der Waals surface area contributed by atoms with Crippen LogP contribution >= 0.6 is 0 Å². The van der Waals surface area contributed by atoms with Gasteiger partial charge in [0, 0.05) is 26.2 Å². The summed E-state index contributed by atoms with van der Waals surface area (Å²) in [5.74, 6) is -0.0554. The Labute approximate surface area is 154 Å². The zero-order valence-electron chi connectivity index (χ0n) is 15.9. The lowest BCUT2D eigenvalue weighted by molar-refractivity contribution is -0.125. The highest BCUT2D eigenvalue weighted by Gasteiger charge is 2.39. The second kappa shape index (κ2) is 7.24. The predicted molar refractivity (Wildman–Crippen MR) is 97.8 cm³/mol. The molecule has 3 amide bonds. The molecule has 1 aromatic rings. The molecule has 0 saturated carbocycles. The highest BCUT2D eigenvalue weighted by Crippen LogP contribution is 2.35. The Hall–Kier alpha value is -2.13. The Morgan fingerprint density at radius 3 is 2.19 bits per heavy atom. The molecule has 8 nitrogen and oxygen atoms in total. The van der Waals surface area contributed by atoms with Crippen LogP contribution in [-0.4, -0.2) is 62.3 Å². The van der Waals surface area contributed by atoms with Gasteiger partial charge < -0.3 is 4.74 Å². The van der Waals surface area contributed by atoms with Crippen LogP contribution in [-0.2, 0) is 14.8 Å². The van der Waals surface area contributed by atoms with Crippen LogP contribution in [0.3, 0.4) is 0 Å². The first-order chi connectivity index (χ1) is 12.0. The van der Waals surface area contributed by atoms with E-state index < -0.39 is 16.1 Å². The molecule has 0 radical (unpaired) electrons. The van der Waals surface area contributed by atoms with Crippen molar-refractivity contribution in [1.29, 1.82) is 0 Å². The second-order valence-corrected chi connectivity index (χ2v) is 8.96. The Morgan fingerprint density at radius 1 is 1.12 bits per heavy atom. The van der Waals surface area contributed by atoms with Gasteiger partial charge in [0.05, 0.1) is 16.7 Å². The normalized spacial score (nSPS) is 15.7. The maximum Gasteiger partial charge on any atom is 0.332 e. The highest BCUT2D eigenvalue weighted by atomic mass is 32.2. The van der Waals surface area contributed by atoms with Gasteiger partial charge in [0.2, 0.25) is 10.0 Å². The van der Waals surface area contributed by atoms with E-state index >= 15 is 0 Å². The Morgan fingerprint density at radius 2 is 1.73 bits per heavy atom. The number of benzene rings is 1. The molecule has 0 unspecified atom stereocenters. The largest absolute Gasteiger partial charge is 0.489 e.